The fourth-order valence-electron chi connectivity index (χ4n) is 3.61. The van der Waals surface area contributed by atoms with Crippen LogP contribution in [0.1, 0.15) is 55.1 Å². The van der Waals surface area contributed by atoms with Crippen molar-refractivity contribution in [2.24, 2.45) is 5.41 Å². The van der Waals surface area contributed by atoms with Crippen LogP contribution in [0.25, 0.3) is 0 Å². The topological polar surface area (TPSA) is 52.7 Å². The van der Waals surface area contributed by atoms with Crippen LogP contribution >= 0.6 is 0 Å². The lowest BCUT2D eigenvalue weighted by Crippen LogP contribution is -2.53. The number of carbonyl (C=O) groups is 2. The molecule has 142 valence electrons. The third-order valence-electron chi connectivity index (χ3n) is 5.22. The summed E-state index contributed by atoms with van der Waals surface area (Å²) in [5.41, 5.74) is 3.59. The molecule has 0 unspecified atom stereocenters. The van der Waals surface area contributed by atoms with E-state index < -0.39 is 0 Å². The minimum atomic E-state index is -0.0270. The van der Waals surface area contributed by atoms with Crippen molar-refractivity contribution in [2.75, 3.05) is 32.7 Å². The van der Waals surface area contributed by atoms with E-state index in [1.807, 2.05) is 15.9 Å². The van der Waals surface area contributed by atoms with Crippen LogP contribution in [0.15, 0.2) is 18.2 Å². The first-order valence-corrected chi connectivity index (χ1v) is 9.77. The van der Waals surface area contributed by atoms with Gasteiger partial charge in [-0.15, -0.1) is 0 Å². The highest BCUT2D eigenvalue weighted by Gasteiger charge is 2.26. The maximum atomic E-state index is 12.8. The molecule has 1 aromatic rings. The molecule has 1 saturated heterocycles. The molecule has 0 spiro atoms. The molecule has 0 bridgehead atoms. The smallest absolute Gasteiger partial charge is 0.317 e. The minimum Gasteiger partial charge on any atom is -0.337 e. The molecule has 2 aliphatic rings. The molecule has 1 N–H and O–H groups in total. The second kappa shape index (κ2) is 7.68. The molecule has 1 aromatic carbocycles. The van der Waals surface area contributed by atoms with Crippen LogP contribution in [0.2, 0.25) is 0 Å². The van der Waals surface area contributed by atoms with E-state index in [0.29, 0.717) is 32.7 Å². The van der Waals surface area contributed by atoms with Gasteiger partial charge in [0, 0.05) is 38.3 Å². The fourth-order valence-corrected chi connectivity index (χ4v) is 3.61. The van der Waals surface area contributed by atoms with Crippen LogP contribution in [-0.4, -0.2) is 54.5 Å². The molecular formula is C21H31N3O2. The molecule has 3 amide bonds. The summed E-state index contributed by atoms with van der Waals surface area (Å²) in [6.45, 7) is 9.32. The monoisotopic (exact) mass is 357 g/mol. The number of aryl methyl sites for hydroxylation is 2. The first kappa shape index (κ1) is 18.7. The number of amides is 3. The number of benzene rings is 1. The summed E-state index contributed by atoms with van der Waals surface area (Å²) in [6.07, 6.45) is 4.68. The first-order chi connectivity index (χ1) is 12.3. The van der Waals surface area contributed by atoms with Gasteiger partial charge in [0.05, 0.1) is 0 Å². The van der Waals surface area contributed by atoms with Gasteiger partial charge in [-0.3, -0.25) is 4.79 Å². The Morgan fingerprint density at radius 3 is 2.23 bits per heavy atom. The van der Waals surface area contributed by atoms with Crippen molar-refractivity contribution >= 4 is 11.9 Å². The molecule has 0 saturated carbocycles. The Bertz CT molecular complexity index is 670. The Morgan fingerprint density at radius 2 is 1.58 bits per heavy atom. The standard InChI is InChI=1S/C21H31N3O2/c1-21(2,3)15-22-20(26)24-12-10-23(11-13-24)19(25)18-9-8-16-6-4-5-7-17(16)14-18/h8-9,14H,4-7,10-13,15H2,1-3H3,(H,22,26). The van der Waals surface area contributed by atoms with E-state index in [2.05, 4.69) is 38.2 Å². The quantitative estimate of drug-likeness (QED) is 0.884. The largest absolute Gasteiger partial charge is 0.337 e. The zero-order chi connectivity index (χ0) is 18.7. The van der Waals surface area contributed by atoms with E-state index in [1.54, 1.807) is 0 Å². The number of nitrogens with zero attached hydrogens (tertiary/aromatic N) is 2. The van der Waals surface area contributed by atoms with Crippen molar-refractivity contribution in [2.45, 2.75) is 46.5 Å². The second-order valence-electron chi connectivity index (χ2n) is 8.69. The first-order valence-electron chi connectivity index (χ1n) is 9.77. The molecule has 1 fully saturated rings. The molecule has 26 heavy (non-hydrogen) atoms. The number of fused-ring (bicyclic) bond motifs is 1. The maximum absolute atomic E-state index is 12.8. The zero-order valence-electron chi connectivity index (χ0n) is 16.3. The van der Waals surface area contributed by atoms with Crippen molar-refractivity contribution in [3.63, 3.8) is 0 Å². The Kier molecular flexibility index (Phi) is 5.54. The average molecular weight is 357 g/mol. The van der Waals surface area contributed by atoms with Crippen LogP contribution in [-0.2, 0) is 12.8 Å². The maximum Gasteiger partial charge on any atom is 0.317 e. The zero-order valence-corrected chi connectivity index (χ0v) is 16.3. The molecule has 5 heteroatoms. The molecule has 0 radical (unpaired) electrons. The molecular weight excluding hydrogens is 326 g/mol. The van der Waals surface area contributed by atoms with Gasteiger partial charge in [0.2, 0.25) is 0 Å². The van der Waals surface area contributed by atoms with Gasteiger partial charge >= 0.3 is 6.03 Å². The van der Waals surface area contributed by atoms with E-state index in [-0.39, 0.29) is 17.4 Å². The van der Waals surface area contributed by atoms with E-state index in [0.717, 1.165) is 18.4 Å². The molecule has 5 nitrogen and oxygen atoms in total. The third-order valence-corrected chi connectivity index (χ3v) is 5.22. The summed E-state index contributed by atoms with van der Waals surface area (Å²) in [7, 11) is 0. The minimum absolute atomic E-state index is 0.0270. The SMILES string of the molecule is CC(C)(C)CNC(=O)N1CCN(C(=O)c2ccc3c(c2)CCCC3)CC1. The van der Waals surface area contributed by atoms with E-state index in [9.17, 15) is 9.59 Å². The van der Waals surface area contributed by atoms with Crippen molar-refractivity contribution in [3.8, 4) is 0 Å². The summed E-state index contributed by atoms with van der Waals surface area (Å²) >= 11 is 0. The molecule has 1 aliphatic carbocycles. The van der Waals surface area contributed by atoms with Crippen LogP contribution < -0.4 is 5.32 Å². The number of piperazine rings is 1. The van der Waals surface area contributed by atoms with Crippen molar-refractivity contribution in [1.29, 1.82) is 0 Å². The predicted molar refractivity (Wildman–Crippen MR) is 103 cm³/mol. The van der Waals surface area contributed by atoms with Gasteiger partial charge in [0.15, 0.2) is 0 Å². The third kappa shape index (κ3) is 4.57. The molecule has 1 heterocycles. The van der Waals surface area contributed by atoms with Crippen LogP contribution in [0.4, 0.5) is 4.79 Å². The summed E-state index contributed by atoms with van der Waals surface area (Å²) in [5, 5.41) is 2.99. The predicted octanol–water partition coefficient (Wildman–Crippen LogP) is 3.08. The number of nitrogens with one attached hydrogen (secondary N) is 1. The van der Waals surface area contributed by atoms with E-state index in [1.165, 1.54) is 24.0 Å². The molecule has 0 aromatic heterocycles. The Labute approximate surface area is 156 Å². The summed E-state index contributed by atoms with van der Waals surface area (Å²) in [6, 6.07) is 6.15. The lowest BCUT2D eigenvalue weighted by atomic mass is 9.90. The Hall–Kier alpha value is -2.04. The number of carbonyl (C=O) groups excluding carboxylic acids is 2. The normalized spacial score (nSPS) is 17.7. The van der Waals surface area contributed by atoms with Gasteiger partial charge in [-0.2, -0.15) is 0 Å². The number of hydrogen-bond acceptors (Lipinski definition) is 2. The van der Waals surface area contributed by atoms with Crippen LogP contribution in [0.3, 0.4) is 0 Å². The summed E-state index contributed by atoms with van der Waals surface area (Å²) < 4.78 is 0. The van der Waals surface area contributed by atoms with Gasteiger partial charge in [-0.25, -0.2) is 4.79 Å². The number of urea groups is 1. The van der Waals surface area contributed by atoms with Gasteiger partial charge in [-0.1, -0.05) is 26.8 Å². The molecule has 0 atom stereocenters. The number of rotatable bonds is 2. The Morgan fingerprint density at radius 1 is 0.962 bits per heavy atom. The second-order valence-corrected chi connectivity index (χ2v) is 8.69. The highest BCUT2D eigenvalue weighted by atomic mass is 16.2. The van der Waals surface area contributed by atoms with Crippen LogP contribution in [0.5, 0.6) is 0 Å². The van der Waals surface area contributed by atoms with Crippen LogP contribution in [0, 0.1) is 5.41 Å². The lowest BCUT2D eigenvalue weighted by molar-refractivity contribution is 0.0664. The summed E-state index contributed by atoms with van der Waals surface area (Å²) in [4.78, 5) is 28.8. The van der Waals surface area contributed by atoms with Gasteiger partial charge in [-0.05, 0) is 54.4 Å². The highest BCUT2D eigenvalue weighted by Crippen LogP contribution is 2.23. The summed E-state index contributed by atoms with van der Waals surface area (Å²) in [5.74, 6) is 0.0909. The number of hydrogen-bond donors (Lipinski definition) is 1. The van der Waals surface area contributed by atoms with Crippen molar-refractivity contribution < 1.29 is 9.59 Å². The van der Waals surface area contributed by atoms with Gasteiger partial charge < -0.3 is 15.1 Å². The van der Waals surface area contributed by atoms with Gasteiger partial charge in [0.25, 0.3) is 5.91 Å². The van der Waals surface area contributed by atoms with E-state index >= 15 is 0 Å². The van der Waals surface area contributed by atoms with E-state index in [4.69, 9.17) is 0 Å². The van der Waals surface area contributed by atoms with Crippen molar-refractivity contribution in [1.82, 2.24) is 15.1 Å². The Balaban J connectivity index is 1.54. The molecule has 3 rings (SSSR count). The van der Waals surface area contributed by atoms with Gasteiger partial charge in [0.1, 0.15) is 0 Å². The fraction of sp³-hybridized carbons (Fsp3) is 0.619. The average Bonchev–Trinajstić information content (AvgIpc) is 2.64. The highest BCUT2D eigenvalue weighted by molar-refractivity contribution is 5.94. The van der Waals surface area contributed by atoms with Crippen molar-refractivity contribution in [3.05, 3.63) is 34.9 Å². The molecule has 1 aliphatic heterocycles. The lowest BCUT2D eigenvalue weighted by Gasteiger charge is -2.35.